The summed E-state index contributed by atoms with van der Waals surface area (Å²) in [5.74, 6) is -1.34. The predicted molar refractivity (Wildman–Crippen MR) is 80.9 cm³/mol. The van der Waals surface area contributed by atoms with Crippen molar-refractivity contribution in [1.82, 2.24) is 0 Å². The number of carbonyl (C=O) groups is 1. The lowest BCUT2D eigenvalue weighted by Gasteiger charge is -2.09. The van der Waals surface area contributed by atoms with Crippen molar-refractivity contribution in [2.75, 3.05) is 0 Å². The fourth-order valence-electron chi connectivity index (χ4n) is 1.82. The van der Waals surface area contributed by atoms with Gasteiger partial charge in [-0.3, -0.25) is 4.79 Å². The molecule has 0 aromatic heterocycles. The average molecular weight is 353 g/mol. The van der Waals surface area contributed by atoms with Crippen LogP contribution in [0.15, 0.2) is 46.9 Å². The molecule has 21 heavy (non-hydrogen) atoms. The van der Waals surface area contributed by atoms with Crippen LogP contribution >= 0.6 is 15.9 Å². The van der Waals surface area contributed by atoms with Gasteiger partial charge in [-0.05, 0) is 30.2 Å². The molecule has 0 bridgehead atoms. The molecule has 0 aliphatic carbocycles. The van der Waals surface area contributed by atoms with E-state index in [4.69, 9.17) is 9.84 Å². The molecule has 0 heterocycles. The largest absolute Gasteiger partial charge is 0.489 e. The van der Waals surface area contributed by atoms with Gasteiger partial charge in [-0.2, -0.15) is 0 Å². The Morgan fingerprint density at radius 3 is 2.52 bits per heavy atom. The number of carboxylic acids is 1. The highest BCUT2D eigenvalue weighted by molar-refractivity contribution is 9.10. The van der Waals surface area contributed by atoms with Crippen LogP contribution in [-0.4, -0.2) is 11.1 Å². The van der Waals surface area contributed by atoms with E-state index in [-0.39, 0.29) is 12.4 Å². The highest BCUT2D eigenvalue weighted by Gasteiger charge is 2.13. The number of rotatable bonds is 5. The minimum Gasteiger partial charge on any atom is -0.489 e. The Balaban J connectivity index is 2.02. The Kier molecular flexibility index (Phi) is 4.96. The summed E-state index contributed by atoms with van der Waals surface area (Å²) in [6.45, 7) is 1.93. The first-order valence-corrected chi connectivity index (χ1v) is 7.15. The zero-order chi connectivity index (χ0) is 15.4. The van der Waals surface area contributed by atoms with E-state index in [0.717, 1.165) is 11.1 Å². The van der Waals surface area contributed by atoms with Gasteiger partial charge in [-0.1, -0.05) is 40.2 Å². The quantitative estimate of drug-likeness (QED) is 0.869. The third kappa shape index (κ3) is 4.29. The SMILES string of the molecule is CC(C(=O)O)c1ccc(COc2cc(F)cc(Br)c2)cc1. The summed E-state index contributed by atoms with van der Waals surface area (Å²) in [7, 11) is 0. The molecule has 1 unspecified atom stereocenters. The van der Waals surface area contributed by atoms with Gasteiger partial charge >= 0.3 is 5.97 Å². The molecule has 0 saturated carbocycles. The maximum Gasteiger partial charge on any atom is 0.310 e. The summed E-state index contributed by atoms with van der Waals surface area (Å²) in [6, 6.07) is 11.5. The van der Waals surface area contributed by atoms with Gasteiger partial charge in [0.1, 0.15) is 18.2 Å². The first-order valence-electron chi connectivity index (χ1n) is 6.36. The van der Waals surface area contributed by atoms with Crippen LogP contribution in [-0.2, 0) is 11.4 Å². The summed E-state index contributed by atoms with van der Waals surface area (Å²) in [5, 5.41) is 8.94. The smallest absolute Gasteiger partial charge is 0.310 e. The van der Waals surface area contributed by atoms with Crippen molar-refractivity contribution in [2.24, 2.45) is 0 Å². The van der Waals surface area contributed by atoms with Crippen LogP contribution in [0.2, 0.25) is 0 Å². The van der Waals surface area contributed by atoms with Gasteiger partial charge in [0, 0.05) is 10.5 Å². The summed E-state index contributed by atoms with van der Waals surface area (Å²) >= 11 is 3.20. The van der Waals surface area contributed by atoms with Crippen molar-refractivity contribution >= 4 is 21.9 Å². The highest BCUT2D eigenvalue weighted by Crippen LogP contribution is 2.22. The zero-order valence-electron chi connectivity index (χ0n) is 11.3. The van der Waals surface area contributed by atoms with Crippen LogP contribution < -0.4 is 4.74 Å². The first kappa shape index (κ1) is 15.5. The third-order valence-corrected chi connectivity index (χ3v) is 3.55. The van der Waals surface area contributed by atoms with E-state index in [2.05, 4.69) is 15.9 Å². The lowest BCUT2D eigenvalue weighted by atomic mass is 10.0. The van der Waals surface area contributed by atoms with Crippen molar-refractivity contribution in [3.05, 3.63) is 63.9 Å². The van der Waals surface area contributed by atoms with Crippen molar-refractivity contribution in [2.45, 2.75) is 19.4 Å². The zero-order valence-corrected chi connectivity index (χ0v) is 12.9. The standard InChI is InChI=1S/C16H14BrFO3/c1-10(16(19)20)12-4-2-11(3-5-12)9-21-15-7-13(17)6-14(18)8-15/h2-8,10H,9H2,1H3,(H,19,20). The first-order chi connectivity index (χ1) is 9.95. The Hall–Kier alpha value is -1.88. The molecule has 5 heteroatoms. The average Bonchev–Trinajstić information content (AvgIpc) is 2.44. The van der Waals surface area contributed by atoms with Crippen LogP contribution in [0.4, 0.5) is 4.39 Å². The summed E-state index contributed by atoms with van der Waals surface area (Å²) in [4.78, 5) is 10.9. The number of ether oxygens (including phenoxy) is 1. The van der Waals surface area contributed by atoms with Gasteiger partial charge < -0.3 is 9.84 Å². The van der Waals surface area contributed by atoms with Gasteiger partial charge in [0.15, 0.2) is 0 Å². The topological polar surface area (TPSA) is 46.5 Å². The monoisotopic (exact) mass is 352 g/mol. The van der Waals surface area contributed by atoms with Gasteiger partial charge in [0.05, 0.1) is 5.92 Å². The number of carboxylic acid groups (broad SMARTS) is 1. The molecule has 110 valence electrons. The fraction of sp³-hybridized carbons (Fsp3) is 0.188. The minimum absolute atomic E-state index is 0.289. The molecule has 0 spiro atoms. The second-order valence-corrected chi connectivity index (χ2v) is 5.61. The molecular weight excluding hydrogens is 339 g/mol. The van der Waals surface area contributed by atoms with E-state index < -0.39 is 11.9 Å². The highest BCUT2D eigenvalue weighted by atomic mass is 79.9. The van der Waals surface area contributed by atoms with Crippen molar-refractivity contribution in [3.8, 4) is 5.75 Å². The van der Waals surface area contributed by atoms with E-state index in [9.17, 15) is 9.18 Å². The molecule has 0 aliphatic heterocycles. The Morgan fingerprint density at radius 2 is 1.95 bits per heavy atom. The third-order valence-electron chi connectivity index (χ3n) is 3.09. The molecule has 2 rings (SSSR count). The van der Waals surface area contributed by atoms with Crippen LogP contribution in [0.3, 0.4) is 0 Å². The lowest BCUT2D eigenvalue weighted by molar-refractivity contribution is -0.138. The molecule has 2 aromatic carbocycles. The molecule has 0 aliphatic rings. The number of hydrogen-bond acceptors (Lipinski definition) is 2. The summed E-state index contributed by atoms with van der Waals surface area (Å²) < 4.78 is 19.3. The second-order valence-electron chi connectivity index (χ2n) is 4.70. The minimum atomic E-state index is -0.858. The Labute approximate surface area is 130 Å². The lowest BCUT2D eigenvalue weighted by Crippen LogP contribution is -2.07. The molecular formula is C16H14BrFO3. The van der Waals surface area contributed by atoms with Crippen molar-refractivity contribution in [1.29, 1.82) is 0 Å². The van der Waals surface area contributed by atoms with E-state index in [1.54, 1.807) is 25.1 Å². The van der Waals surface area contributed by atoms with E-state index in [0.29, 0.717) is 10.2 Å². The van der Waals surface area contributed by atoms with Crippen molar-refractivity contribution < 1.29 is 19.0 Å². The maximum absolute atomic E-state index is 13.2. The Morgan fingerprint density at radius 1 is 1.29 bits per heavy atom. The number of aliphatic carboxylic acids is 1. The Bertz CT molecular complexity index is 620. The molecule has 1 N–H and O–H groups in total. The van der Waals surface area contributed by atoms with E-state index >= 15 is 0 Å². The van der Waals surface area contributed by atoms with E-state index in [1.165, 1.54) is 12.1 Å². The maximum atomic E-state index is 13.2. The van der Waals surface area contributed by atoms with Crippen LogP contribution in [0.5, 0.6) is 5.75 Å². The van der Waals surface area contributed by atoms with Crippen molar-refractivity contribution in [3.63, 3.8) is 0 Å². The molecule has 0 fully saturated rings. The van der Waals surface area contributed by atoms with Gasteiger partial charge in [-0.25, -0.2) is 4.39 Å². The number of benzene rings is 2. The summed E-state index contributed by atoms with van der Waals surface area (Å²) in [5.41, 5.74) is 1.62. The van der Waals surface area contributed by atoms with E-state index in [1.807, 2.05) is 12.1 Å². The van der Waals surface area contributed by atoms with Crippen LogP contribution in [0.1, 0.15) is 24.0 Å². The normalized spacial score (nSPS) is 12.0. The molecule has 0 amide bonds. The van der Waals surface area contributed by atoms with Gasteiger partial charge in [0.25, 0.3) is 0 Å². The molecule has 0 radical (unpaired) electrons. The molecule has 0 saturated heterocycles. The predicted octanol–water partition coefficient (Wildman–Crippen LogP) is 4.36. The van der Waals surface area contributed by atoms with Crippen LogP contribution in [0.25, 0.3) is 0 Å². The van der Waals surface area contributed by atoms with Gasteiger partial charge in [0.2, 0.25) is 0 Å². The second kappa shape index (κ2) is 6.72. The number of halogens is 2. The number of hydrogen-bond donors (Lipinski definition) is 1. The fourth-order valence-corrected chi connectivity index (χ4v) is 2.27. The molecule has 1 atom stereocenters. The summed E-state index contributed by atoms with van der Waals surface area (Å²) in [6.07, 6.45) is 0. The molecule has 3 nitrogen and oxygen atoms in total. The van der Waals surface area contributed by atoms with Crippen LogP contribution in [0, 0.1) is 5.82 Å². The van der Waals surface area contributed by atoms with Gasteiger partial charge in [-0.15, -0.1) is 0 Å². The molecule has 2 aromatic rings.